The Morgan fingerprint density at radius 2 is 1.55 bits per heavy atom. The van der Waals surface area contributed by atoms with Gasteiger partial charge < -0.3 is 0 Å². The molecule has 1 heterocycles. The van der Waals surface area contributed by atoms with Crippen LogP contribution in [0, 0.1) is 19.7 Å². The van der Waals surface area contributed by atoms with Gasteiger partial charge in [0.25, 0.3) is 0 Å². The van der Waals surface area contributed by atoms with Gasteiger partial charge >= 0.3 is 0 Å². The molecule has 0 atom stereocenters. The van der Waals surface area contributed by atoms with Crippen molar-refractivity contribution in [3.63, 3.8) is 0 Å². The first kappa shape index (κ1) is 14.5. The van der Waals surface area contributed by atoms with Crippen molar-refractivity contribution in [2.75, 3.05) is 0 Å². The van der Waals surface area contributed by atoms with E-state index in [2.05, 4.69) is 48.0 Å². The van der Waals surface area contributed by atoms with Gasteiger partial charge in [-0.1, -0.05) is 24.3 Å². The van der Waals surface area contributed by atoms with Crippen molar-refractivity contribution in [2.45, 2.75) is 13.8 Å². The average Bonchev–Trinajstić information content (AvgIpc) is 2.51. The molecule has 2 aromatic carbocycles. The molecule has 0 N–H and O–H groups in total. The van der Waals surface area contributed by atoms with Crippen molar-refractivity contribution in [3.8, 4) is 22.4 Å². The molecule has 0 saturated carbocycles. The molecule has 0 radical (unpaired) electrons. The minimum Gasteiger partial charge on any atom is -0.207 e. The highest BCUT2D eigenvalue weighted by atomic mass is 19.1. The Morgan fingerprint density at radius 1 is 0.818 bits per heavy atom. The van der Waals surface area contributed by atoms with E-state index in [1.54, 1.807) is 6.92 Å². The predicted octanol–water partition coefficient (Wildman–Crippen LogP) is 4.60. The highest BCUT2D eigenvalue weighted by Gasteiger charge is 2.14. The normalized spacial score (nSPS) is 10.7. The van der Waals surface area contributed by atoms with E-state index in [1.165, 1.54) is 17.2 Å². The number of aryl methyl sites for hydroxylation is 3. The number of hydrogen-bond acceptors (Lipinski definition) is 0. The molecule has 3 aromatic rings. The molecule has 0 fully saturated rings. The lowest BCUT2D eigenvalue weighted by molar-refractivity contribution is -0.660. The van der Waals surface area contributed by atoms with Crippen molar-refractivity contribution < 1.29 is 8.96 Å². The predicted molar refractivity (Wildman–Crippen MR) is 87.9 cm³/mol. The van der Waals surface area contributed by atoms with Crippen LogP contribution in [0.2, 0.25) is 0 Å². The first-order valence-electron chi connectivity index (χ1n) is 7.38. The number of halogens is 1. The van der Waals surface area contributed by atoms with E-state index in [1.807, 2.05) is 25.2 Å². The van der Waals surface area contributed by atoms with Crippen LogP contribution in [-0.2, 0) is 7.05 Å². The van der Waals surface area contributed by atoms with E-state index in [0.29, 0.717) is 5.56 Å². The third-order valence-corrected chi connectivity index (χ3v) is 4.06. The Morgan fingerprint density at radius 3 is 2.27 bits per heavy atom. The van der Waals surface area contributed by atoms with Crippen molar-refractivity contribution in [1.82, 2.24) is 0 Å². The van der Waals surface area contributed by atoms with Gasteiger partial charge in [-0.2, -0.15) is 0 Å². The second-order valence-corrected chi connectivity index (χ2v) is 5.69. The minimum atomic E-state index is -0.163. The van der Waals surface area contributed by atoms with E-state index in [4.69, 9.17) is 0 Å². The van der Waals surface area contributed by atoms with Crippen LogP contribution in [0.15, 0.2) is 60.8 Å². The first-order valence-corrected chi connectivity index (χ1v) is 7.38. The highest BCUT2D eigenvalue weighted by Crippen LogP contribution is 2.26. The molecule has 1 aromatic heterocycles. The van der Waals surface area contributed by atoms with Crippen molar-refractivity contribution >= 4 is 0 Å². The molecule has 1 nitrogen and oxygen atoms in total. The smallest absolute Gasteiger partial charge is 0.207 e. The molecular formula is C20H19FN+. The molecule has 0 spiro atoms. The average molecular weight is 292 g/mol. The summed E-state index contributed by atoms with van der Waals surface area (Å²) in [5.74, 6) is -0.163. The van der Waals surface area contributed by atoms with E-state index >= 15 is 0 Å². The lowest BCUT2D eigenvalue weighted by Crippen LogP contribution is -2.30. The van der Waals surface area contributed by atoms with E-state index < -0.39 is 0 Å². The second kappa shape index (κ2) is 5.72. The number of aromatic nitrogens is 1. The molecule has 2 heteroatoms. The number of hydrogen-bond donors (Lipinski definition) is 0. The van der Waals surface area contributed by atoms with Crippen LogP contribution in [-0.4, -0.2) is 0 Å². The molecule has 0 aliphatic heterocycles. The molecular weight excluding hydrogens is 273 g/mol. The Labute approximate surface area is 130 Å². The maximum atomic E-state index is 13.5. The summed E-state index contributed by atoms with van der Waals surface area (Å²) in [7, 11) is 2.04. The minimum absolute atomic E-state index is 0.163. The number of benzene rings is 2. The molecule has 0 saturated heterocycles. The topological polar surface area (TPSA) is 3.88 Å². The van der Waals surface area contributed by atoms with Gasteiger partial charge in [0.15, 0.2) is 6.20 Å². The van der Waals surface area contributed by atoms with Gasteiger partial charge in [-0.05, 0) is 54.3 Å². The van der Waals surface area contributed by atoms with Crippen LogP contribution in [0.1, 0.15) is 11.1 Å². The van der Waals surface area contributed by atoms with Crippen LogP contribution in [0.4, 0.5) is 4.39 Å². The Balaban J connectivity index is 2.14. The Hall–Kier alpha value is -2.48. The number of rotatable bonds is 2. The van der Waals surface area contributed by atoms with E-state index in [9.17, 15) is 4.39 Å². The maximum absolute atomic E-state index is 13.5. The number of nitrogens with zero attached hydrogens (tertiary/aromatic N) is 1. The summed E-state index contributed by atoms with van der Waals surface area (Å²) in [6.07, 6.45) is 2.05. The van der Waals surface area contributed by atoms with Crippen LogP contribution in [0.3, 0.4) is 0 Å². The van der Waals surface area contributed by atoms with E-state index in [-0.39, 0.29) is 5.82 Å². The molecule has 0 bridgehead atoms. The van der Waals surface area contributed by atoms with Gasteiger partial charge in [0.1, 0.15) is 12.9 Å². The molecule has 0 unspecified atom stereocenters. The van der Waals surface area contributed by atoms with Gasteiger partial charge in [-0.3, -0.25) is 0 Å². The summed E-state index contributed by atoms with van der Waals surface area (Å²) >= 11 is 0. The fourth-order valence-electron chi connectivity index (χ4n) is 2.70. The highest BCUT2D eigenvalue weighted by molar-refractivity contribution is 5.70. The summed E-state index contributed by atoms with van der Waals surface area (Å²) in [6, 6.07) is 17.8. The molecule has 0 amide bonds. The Bertz CT molecular complexity index is 837. The molecule has 3 rings (SSSR count). The van der Waals surface area contributed by atoms with Gasteiger partial charge in [0.05, 0.1) is 0 Å². The quantitative estimate of drug-likeness (QED) is 0.608. The van der Waals surface area contributed by atoms with Crippen molar-refractivity contribution in [1.29, 1.82) is 0 Å². The summed E-state index contributed by atoms with van der Waals surface area (Å²) in [4.78, 5) is 0. The standard InChI is InChI=1S/C20H19FN/c1-14-6-4-5-7-18(14)20-13-17(10-11-22(20)3)16-8-9-19(21)15(2)12-16/h4-13H,1-3H3/q+1. The SMILES string of the molecule is Cc1cc(-c2cc[n+](C)c(-c3ccccc3C)c2)ccc1F. The molecule has 22 heavy (non-hydrogen) atoms. The van der Waals surface area contributed by atoms with Crippen LogP contribution in [0.25, 0.3) is 22.4 Å². The molecule has 110 valence electrons. The molecule has 0 aliphatic carbocycles. The summed E-state index contributed by atoms with van der Waals surface area (Å²) in [6.45, 7) is 3.91. The van der Waals surface area contributed by atoms with Gasteiger partial charge in [-0.15, -0.1) is 0 Å². The fourth-order valence-corrected chi connectivity index (χ4v) is 2.70. The van der Waals surface area contributed by atoms with Gasteiger partial charge in [0.2, 0.25) is 5.69 Å². The summed E-state index contributed by atoms with van der Waals surface area (Å²) in [5.41, 5.74) is 6.41. The monoisotopic (exact) mass is 292 g/mol. The Kier molecular flexibility index (Phi) is 3.76. The molecule has 0 aliphatic rings. The lowest BCUT2D eigenvalue weighted by atomic mass is 9.99. The van der Waals surface area contributed by atoms with Crippen LogP contribution in [0.5, 0.6) is 0 Å². The third-order valence-electron chi connectivity index (χ3n) is 4.06. The largest absolute Gasteiger partial charge is 0.213 e. The van der Waals surface area contributed by atoms with Crippen LogP contribution < -0.4 is 4.57 Å². The van der Waals surface area contributed by atoms with Gasteiger partial charge in [0, 0.05) is 17.7 Å². The second-order valence-electron chi connectivity index (χ2n) is 5.69. The van der Waals surface area contributed by atoms with Crippen molar-refractivity contribution in [3.05, 3.63) is 77.7 Å². The van der Waals surface area contributed by atoms with Crippen LogP contribution >= 0.6 is 0 Å². The summed E-state index contributed by atoms with van der Waals surface area (Å²) < 4.78 is 15.6. The zero-order chi connectivity index (χ0) is 15.7. The number of pyridine rings is 1. The lowest BCUT2D eigenvalue weighted by Gasteiger charge is -2.08. The maximum Gasteiger partial charge on any atom is 0.213 e. The summed E-state index contributed by atoms with van der Waals surface area (Å²) in [5, 5.41) is 0. The third kappa shape index (κ3) is 2.64. The van der Waals surface area contributed by atoms with E-state index in [0.717, 1.165) is 16.8 Å². The van der Waals surface area contributed by atoms with Gasteiger partial charge in [-0.25, -0.2) is 8.96 Å². The fraction of sp³-hybridized carbons (Fsp3) is 0.150. The van der Waals surface area contributed by atoms with Crippen molar-refractivity contribution in [2.24, 2.45) is 7.05 Å². The zero-order valence-electron chi connectivity index (χ0n) is 13.1. The first-order chi connectivity index (χ1) is 10.6. The zero-order valence-corrected chi connectivity index (χ0v) is 13.1.